The van der Waals surface area contributed by atoms with Crippen molar-refractivity contribution in [2.75, 3.05) is 19.6 Å². The molecule has 0 aromatic heterocycles. The van der Waals surface area contributed by atoms with Crippen LogP contribution in [0.25, 0.3) is 0 Å². The van der Waals surface area contributed by atoms with Gasteiger partial charge in [0.1, 0.15) is 12.4 Å². The van der Waals surface area contributed by atoms with Gasteiger partial charge in [-0.25, -0.2) is 0 Å². The molecule has 1 atom stereocenters. The lowest BCUT2D eigenvalue weighted by Crippen LogP contribution is -2.42. The van der Waals surface area contributed by atoms with Gasteiger partial charge in [0.2, 0.25) is 0 Å². The number of ether oxygens (including phenoxy) is 1. The van der Waals surface area contributed by atoms with Gasteiger partial charge in [0.25, 0.3) is 5.91 Å². The van der Waals surface area contributed by atoms with Crippen LogP contribution in [0, 0.1) is 5.92 Å². The predicted molar refractivity (Wildman–Crippen MR) is 94.9 cm³/mol. The lowest BCUT2D eigenvalue weighted by molar-refractivity contribution is 0.0677. The van der Waals surface area contributed by atoms with Gasteiger partial charge in [-0.3, -0.25) is 4.79 Å². The maximum absolute atomic E-state index is 12.7. The van der Waals surface area contributed by atoms with Crippen LogP contribution < -0.4 is 10.5 Å². The van der Waals surface area contributed by atoms with Crippen LogP contribution in [0.3, 0.4) is 0 Å². The fraction of sp³-hybridized carbons (Fsp3) is 0.350. The van der Waals surface area contributed by atoms with E-state index in [-0.39, 0.29) is 5.91 Å². The molecule has 1 aliphatic rings. The van der Waals surface area contributed by atoms with Crippen LogP contribution in [0.5, 0.6) is 5.75 Å². The summed E-state index contributed by atoms with van der Waals surface area (Å²) in [4.78, 5) is 14.6. The molecular formula is C20H24N2O2. The van der Waals surface area contributed by atoms with Crippen molar-refractivity contribution in [2.45, 2.75) is 19.4 Å². The minimum Gasteiger partial charge on any atom is -0.489 e. The number of piperidine rings is 1. The van der Waals surface area contributed by atoms with Crippen LogP contribution in [0.4, 0.5) is 0 Å². The van der Waals surface area contributed by atoms with Crippen LogP contribution in [-0.4, -0.2) is 30.4 Å². The fourth-order valence-corrected chi connectivity index (χ4v) is 3.08. The highest BCUT2D eigenvalue weighted by Crippen LogP contribution is 2.20. The van der Waals surface area contributed by atoms with Crippen LogP contribution in [0.2, 0.25) is 0 Å². The summed E-state index contributed by atoms with van der Waals surface area (Å²) < 4.78 is 5.82. The van der Waals surface area contributed by atoms with Crippen LogP contribution in [-0.2, 0) is 6.61 Å². The molecule has 0 radical (unpaired) electrons. The third kappa shape index (κ3) is 4.15. The molecule has 4 nitrogen and oxygen atoms in total. The lowest BCUT2D eigenvalue weighted by atomic mass is 9.97. The first kappa shape index (κ1) is 16.5. The van der Waals surface area contributed by atoms with Crippen molar-refractivity contribution in [3.63, 3.8) is 0 Å². The number of nitrogens with zero attached hydrogens (tertiary/aromatic N) is 1. The summed E-state index contributed by atoms with van der Waals surface area (Å²) in [7, 11) is 0. The summed E-state index contributed by atoms with van der Waals surface area (Å²) in [5, 5.41) is 0. The third-order valence-corrected chi connectivity index (χ3v) is 4.47. The zero-order chi connectivity index (χ0) is 16.8. The van der Waals surface area contributed by atoms with E-state index in [0.717, 1.165) is 37.2 Å². The Balaban J connectivity index is 1.65. The predicted octanol–water partition coefficient (Wildman–Crippen LogP) is 3.08. The summed E-state index contributed by atoms with van der Waals surface area (Å²) >= 11 is 0. The highest BCUT2D eigenvalue weighted by molar-refractivity contribution is 5.94. The molecule has 2 N–H and O–H groups in total. The van der Waals surface area contributed by atoms with Crippen molar-refractivity contribution in [1.82, 2.24) is 4.90 Å². The lowest BCUT2D eigenvalue weighted by Gasteiger charge is -2.32. The van der Waals surface area contributed by atoms with Crippen molar-refractivity contribution in [3.8, 4) is 5.75 Å². The van der Waals surface area contributed by atoms with E-state index in [4.69, 9.17) is 10.5 Å². The van der Waals surface area contributed by atoms with Gasteiger partial charge >= 0.3 is 0 Å². The Morgan fingerprint density at radius 2 is 2.00 bits per heavy atom. The number of rotatable bonds is 5. The summed E-state index contributed by atoms with van der Waals surface area (Å²) in [6.45, 7) is 2.70. The average molecular weight is 324 g/mol. The third-order valence-electron chi connectivity index (χ3n) is 4.47. The van der Waals surface area contributed by atoms with Crippen molar-refractivity contribution in [2.24, 2.45) is 11.7 Å². The molecule has 1 aliphatic heterocycles. The number of carbonyl (C=O) groups is 1. The number of amides is 1. The first-order chi connectivity index (χ1) is 11.8. The Morgan fingerprint density at radius 1 is 1.17 bits per heavy atom. The van der Waals surface area contributed by atoms with Crippen LogP contribution in [0.15, 0.2) is 54.6 Å². The topological polar surface area (TPSA) is 55.6 Å². The van der Waals surface area contributed by atoms with E-state index < -0.39 is 0 Å². The first-order valence-corrected chi connectivity index (χ1v) is 8.52. The van der Waals surface area contributed by atoms with E-state index in [1.54, 1.807) is 0 Å². The second kappa shape index (κ2) is 7.97. The average Bonchev–Trinajstić information content (AvgIpc) is 2.67. The normalized spacial score (nSPS) is 17.5. The Labute approximate surface area is 143 Å². The molecule has 3 rings (SSSR count). The molecule has 1 amide bonds. The van der Waals surface area contributed by atoms with E-state index in [1.165, 1.54) is 0 Å². The summed E-state index contributed by atoms with van der Waals surface area (Å²) in [6.07, 6.45) is 2.14. The van der Waals surface area contributed by atoms with Gasteiger partial charge in [-0.2, -0.15) is 0 Å². The molecular weight excluding hydrogens is 300 g/mol. The van der Waals surface area contributed by atoms with Gasteiger partial charge in [-0.15, -0.1) is 0 Å². The molecule has 1 unspecified atom stereocenters. The molecule has 1 fully saturated rings. The van der Waals surface area contributed by atoms with E-state index in [1.807, 2.05) is 59.5 Å². The Hall–Kier alpha value is -2.33. The molecule has 1 saturated heterocycles. The van der Waals surface area contributed by atoms with Crippen LogP contribution >= 0.6 is 0 Å². The van der Waals surface area contributed by atoms with E-state index in [9.17, 15) is 4.79 Å². The standard InChI is InChI=1S/C20H24N2O2/c21-13-17-8-5-11-22(14-17)20(23)18-9-4-10-19(12-18)24-15-16-6-2-1-3-7-16/h1-4,6-7,9-10,12,17H,5,8,11,13-15,21H2. The zero-order valence-corrected chi connectivity index (χ0v) is 13.9. The Bertz CT molecular complexity index is 672. The number of nitrogens with two attached hydrogens (primary N) is 1. The number of likely N-dealkylation sites (tertiary alicyclic amines) is 1. The maximum Gasteiger partial charge on any atom is 0.253 e. The summed E-state index contributed by atoms with van der Waals surface area (Å²) in [6, 6.07) is 17.4. The second-order valence-corrected chi connectivity index (χ2v) is 6.30. The number of hydrogen-bond acceptors (Lipinski definition) is 3. The summed E-state index contributed by atoms with van der Waals surface area (Å²) in [5.41, 5.74) is 7.55. The molecule has 1 heterocycles. The number of carbonyl (C=O) groups excluding carboxylic acids is 1. The van der Waals surface area contributed by atoms with Gasteiger partial charge in [0.15, 0.2) is 0 Å². The molecule has 0 bridgehead atoms. The number of benzene rings is 2. The van der Waals surface area contributed by atoms with Gasteiger partial charge in [0.05, 0.1) is 0 Å². The molecule has 4 heteroatoms. The molecule has 0 saturated carbocycles. The fourth-order valence-electron chi connectivity index (χ4n) is 3.08. The molecule has 2 aromatic rings. The molecule has 0 aliphatic carbocycles. The zero-order valence-electron chi connectivity index (χ0n) is 13.9. The molecule has 2 aromatic carbocycles. The van der Waals surface area contributed by atoms with Gasteiger partial charge in [-0.05, 0) is 49.1 Å². The van der Waals surface area contributed by atoms with Gasteiger partial charge < -0.3 is 15.4 Å². The SMILES string of the molecule is NCC1CCCN(C(=O)c2cccc(OCc3ccccc3)c2)C1. The largest absolute Gasteiger partial charge is 0.489 e. The molecule has 126 valence electrons. The monoisotopic (exact) mass is 324 g/mol. The Morgan fingerprint density at radius 3 is 2.79 bits per heavy atom. The van der Waals surface area contributed by atoms with Gasteiger partial charge in [-0.1, -0.05) is 36.4 Å². The summed E-state index contributed by atoms with van der Waals surface area (Å²) in [5.74, 6) is 1.20. The van der Waals surface area contributed by atoms with Gasteiger partial charge in [0, 0.05) is 18.7 Å². The first-order valence-electron chi connectivity index (χ1n) is 8.52. The second-order valence-electron chi connectivity index (χ2n) is 6.30. The maximum atomic E-state index is 12.7. The van der Waals surface area contributed by atoms with Crippen LogP contribution in [0.1, 0.15) is 28.8 Å². The van der Waals surface area contributed by atoms with Crippen molar-refractivity contribution >= 4 is 5.91 Å². The smallest absolute Gasteiger partial charge is 0.253 e. The van der Waals surface area contributed by atoms with Crippen molar-refractivity contribution < 1.29 is 9.53 Å². The van der Waals surface area contributed by atoms with Crippen molar-refractivity contribution in [3.05, 3.63) is 65.7 Å². The number of hydrogen-bond donors (Lipinski definition) is 1. The van der Waals surface area contributed by atoms with E-state index >= 15 is 0 Å². The quantitative estimate of drug-likeness (QED) is 0.919. The highest BCUT2D eigenvalue weighted by Gasteiger charge is 2.23. The highest BCUT2D eigenvalue weighted by atomic mass is 16.5. The van der Waals surface area contributed by atoms with E-state index in [0.29, 0.717) is 24.6 Å². The minimum absolute atomic E-state index is 0.0679. The molecule has 0 spiro atoms. The Kier molecular flexibility index (Phi) is 5.49. The van der Waals surface area contributed by atoms with Crippen molar-refractivity contribution in [1.29, 1.82) is 0 Å². The minimum atomic E-state index is 0.0679. The molecule has 24 heavy (non-hydrogen) atoms. The van der Waals surface area contributed by atoms with E-state index in [2.05, 4.69) is 0 Å².